The van der Waals surface area contributed by atoms with Crippen molar-refractivity contribution < 1.29 is 14.3 Å². The molecule has 1 spiro atoms. The van der Waals surface area contributed by atoms with Gasteiger partial charge in [0.2, 0.25) is 0 Å². The minimum Gasteiger partial charge on any atom is -0.388 e. The van der Waals surface area contributed by atoms with Gasteiger partial charge >= 0.3 is 0 Å². The number of fused-ring (bicyclic) bond motifs is 1. The van der Waals surface area contributed by atoms with Crippen molar-refractivity contribution in [3.63, 3.8) is 0 Å². The number of nitrogens with one attached hydrogen (secondary N) is 2. The van der Waals surface area contributed by atoms with Crippen molar-refractivity contribution in [2.45, 2.75) is 56.5 Å². The molecule has 166 valence electrons. The SMILES string of the molecule is c1ccc(COC2CC3(CC(c4cnc5[nH]ncc5c4NC4CCOCC4)=NO3)C2)cc1. The van der Waals surface area contributed by atoms with Gasteiger partial charge in [-0.2, -0.15) is 5.10 Å². The van der Waals surface area contributed by atoms with E-state index in [-0.39, 0.29) is 11.7 Å². The van der Waals surface area contributed by atoms with Crippen LogP contribution in [0.15, 0.2) is 47.9 Å². The summed E-state index contributed by atoms with van der Waals surface area (Å²) >= 11 is 0. The first-order valence-corrected chi connectivity index (χ1v) is 11.4. The summed E-state index contributed by atoms with van der Waals surface area (Å²) in [5, 5.41) is 16.4. The van der Waals surface area contributed by atoms with Crippen LogP contribution in [0.2, 0.25) is 0 Å². The zero-order valence-corrected chi connectivity index (χ0v) is 17.9. The van der Waals surface area contributed by atoms with E-state index in [1.807, 2.05) is 30.6 Å². The van der Waals surface area contributed by atoms with Crippen LogP contribution in [-0.4, -0.2) is 51.9 Å². The summed E-state index contributed by atoms with van der Waals surface area (Å²) in [7, 11) is 0. The molecule has 2 aromatic heterocycles. The van der Waals surface area contributed by atoms with E-state index < -0.39 is 0 Å². The van der Waals surface area contributed by atoms with Crippen molar-refractivity contribution in [2.75, 3.05) is 18.5 Å². The van der Waals surface area contributed by atoms with Gasteiger partial charge in [0, 0.05) is 50.3 Å². The first-order chi connectivity index (χ1) is 15.8. The van der Waals surface area contributed by atoms with Gasteiger partial charge < -0.3 is 19.6 Å². The lowest BCUT2D eigenvalue weighted by molar-refractivity contribution is -0.161. The van der Waals surface area contributed by atoms with Crippen molar-refractivity contribution in [3.8, 4) is 0 Å². The quantitative estimate of drug-likeness (QED) is 0.614. The van der Waals surface area contributed by atoms with Crippen LogP contribution in [0.4, 0.5) is 5.69 Å². The third-order valence-electron chi connectivity index (χ3n) is 6.73. The average Bonchev–Trinajstić information content (AvgIpc) is 3.46. The molecule has 8 nitrogen and oxygen atoms in total. The molecule has 2 aliphatic heterocycles. The van der Waals surface area contributed by atoms with E-state index in [4.69, 9.17) is 14.3 Å². The largest absolute Gasteiger partial charge is 0.388 e. The van der Waals surface area contributed by atoms with E-state index in [1.54, 1.807) is 0 Å². The summed E-state index contributed by atoms with van der Waals surface area (Å²) in [5.41, 5.74) is 4.69. The molecule has 0 atom stereocenters. The van der Waals surface area contributed by atoms with Crippen LogP contribution in [0.3, 0.4) is 0 Å². The molecule has 32 heavy (non-hydrogen) atoms. The summed E-state index contributed by atoms with van der Waals surface area (Å²) in [5.74, 6) is 0. The Morgan fingerprint density at radius 1 is 1.12 bits per heavy atom. The highest BCUT2D eigenvalue weighted by Gasteiger charge is 2.51. The van der Waals surface area contributed by atoms with Gasteiger partial charge in [0.05, 0.1) is 35.7 Å². The lowest BCUT2D eigenvalue weighted by Crippen LogP contribution is -2.48. The van der Waals surface area contributed by atoms with Crippen LogP contribution in [0.25, 0.3) is 11.0 Å². The van der Waals surface area contributed by atoms with E-state index in [0.29, 0.717) is 12.6 Å². The number of hydrogen-bond donors (Lipinski definition) is 2. The molecule has 1 saturated carbocycles. The molecule has 4 heterocycles. The smallest absolute Gasteiger partial charge is 0.157 e. The maximum Gasteiger partial charge on any atom is 0.157 e. The molecule has 0 bridgehead atoms. The van der Waals surface area contributed by atoms with Gasteiger partial charge in [0.15, 0.2) is 5.65 Å². The van der Waals surface area contributed by atoms with Gasteiger partial charge in [0.25, 0.3) is 0 Å². The molecule has 0 unspecified atom stereocenters. The lowest BCUT2D eigenvalue weighted by atomic mass is 9.74. The maximum atomic E-state index is 6.08. The van der Waals surface area contributed by atoms with E-state index >= 15 is 0 Å². The van der Waals surface area contributed by atoms with E-state index in [2.05, 4.69) is 37.8 Å². The Labute approximate surface area is 186 Å². The Morgan fingerprint density at radius 2 is 1.97 bits per heavy atom. The summed E-state index contributed by atoms with van der Waals surface area (Å²) < 4.78 is 11.6. The molecule has 0 radical (unpaired) electrons. The molecule has 1 aliphatic carbocycles. The van der Waals surface area contributed by atoms with Gasteiger partial charge in [-0.1, -0.05) is 35.5 Å². The molecule has 3 aromatic rings. The normalized spacial score (nSPS) is 25.5. The highest BCUT2D eigenvalue weighted by molar-refractivity contribution is 6.10. The molecule has 1 saturated heterocycles. The second-order valence-corrected chi connectivity index (χ2v) is 9.03. The van der Waals surface area contributed by atoms with Crippen molar-refractivity contribution in [1.29, 1.82) is 0 Å². The van der Waals surface area contributed by atoms with Gasteiger partial charge in [0.1, 0.15) is 5.60 Å². The summed E-state index contributed by atoms with van der Waals surface area (Å²) in [6.07, 6.45) is 8.36. The first-order valence-electron chi connectivity index (χ1n) is 11.4. The number of ether oxygens (including phenoxy) is 2. The number of rotatable bonds is 6. The fourth-order valence-electron chi connectivity index (χ4n) is 4.88. The number of hydrogen-bond acceptors (Lipinski definition) is 7. The second kappa shape index (κ2) is 8.18. The van der Waals surface area contributed by atoms with E-state index in [0.717, 1.165) is 73.3 Å². The summed E-state index contributed by atoms with van der Waals surface area (Å²) in [6, 6.07) is 10.6. The van der Waals surface area contributed by atoms with Gasteiger partial charge in [-0.25, -0.2) is 4.98 Å². The van der Waals surface area contributed by atoms with Gasteiger partial charge in [-0.05, 0) is 18.4 Å². The van der Waals surface area contributed by atoms with Crippen LogP contribution in [0.1, 0.15) is 43.2 Å². The molecule has 0 amide bonds. The van der Waals surface area contributed by atoms with Crippen molar-refractivity contribution in [2.24, 2.45) is 5.16 Å². The molecule has 6 rings (SSSR count). The standard InChI is InChI=1S/C24H27N5O3/c1-2-4-16(5-3-1)15-31-18-10-24(11-18)12-21(29-32-24)19-13-25-23-20(14-26-28-23)22(19)27-17-6-8-30-9-7-17/h1-5,13-14,17-18H,6-12,15H2,(H2,25,26,27,28). The molecule has 8 heteroatoms. The third-order valence-corrected chi connectivity index (χ3v) is 6.73. The third kappa shape index (κ3) is 3.73. The van der Waals surface area contributed by atoms with Gasteiger partial charge in [-0.3, -0.25) is 5.10 Å². The molecular weight excluding hydrogens is 406 g/mol. The monoisotopic (exact) mass is 433 g/mol. The number of oxime groups is 1. The number of aromatic nitrogens is 3. The number of H-pyrrole nitrogens is 1. The zero-order chi connectivity index (χ0) is 21.4. The highest BCUT2D eigenvalue weighted by atomic mass is 16.7. The van der Waals surface area contributed by atoms with Crippen molar-refractivity contribution in [3.05, 3.63) is 53.9 Å². The van der Waals surface area contributed by atoms with Crippen LogP contribution in [0.5, 0.6) is 0 Å². The zero-order valence-electron chi connectivity index (χ0n) is 17.9. The number of aromatic amines is 1. The second-order valence-electron chi connectivity index (χ2n) is 9.03. The molecule has 2 N–H and O–H groups in total. The Morgan fingerprint density at radius 3 is 2.81 bits per heavy atom. The topological polar surface area (TPSA) is 93.7 Å². The Hall–Kier alpha value is -2.97. The summed E-state index contributed by atoms with van der Waals surface area (Å²) in [4.78, 5) is 10.5. The van der Waals surface area contributed by atoms with Gasteiger partial charge in [-0.15, -0.1) is 0 Å². The predicted octanol–water partition coefficient (Wildman–Crippen LogP) is 3.79. The Bertz CT molecular complexity index is 1120. The molecular formula is C24H27N5O3. The molecule has 3 aliphatic rings. The number of pyridine rings is 1. The van der Waals surface area contributed by atoms with Crippen molar-refractivity contribution in [1.82, 2.24) is 15.2 Å². The minimum absolute atomic E-state index is 0.207. The highest BCUT2D eigenvalue weighted by Crippen LogP contribution is 2.46. The van der Waals surface area contributed by atoms with E-state index in [1.165, 1.54) is 5.56 Å². The molecule has 2 fully saturated rings. The average molecular weight is 434 g/mol. The van der Waals surface area contributed by atoms with E-state index in [9.17, 15) is 0 Å². The maximum absolute atomic E-state index is 6.08. The summed E-state index contributed by atoms with van der Waals surface area (Å²) in [6.45, 7) is 2.20. The molecule has 1 aromatic carbocycles. The fraction of sp³-hybridized carbons (Fsp3) is 0.458. The predicted molar refractivity (Wildman–Crippen MR) is 121 cm³/mol. The van der Waals surface area contributed by atoms with Crippen LogP contribution >= 0.6 is 0 Å². The number of nitrogens with zero attached hydrogens (tertiary/aromatic N) is 3. The Balaban J connectivity index is 1.15. The van der Waals surface area contributed by atoms with Crippen LogP contribution < -0.4 is 5.32 Å². The number of anilines is 1. The van der Waals surface area contributed by atoms with Crippen LogP contribution in [0, 0.1) is 0 Å². The first kappa shape index (κ1) is 19.7. The number of benzene rings is 1. The van der Waals surface area contributed by atoms with Crippen LogP contribution in [-0.2, 0) is 20.9 Å². The fourth-order valence-corrected chi connectivity index (χ4v) is 4.88. The minimum atomic E-state index is -0.252. The van der Waals surface area contributed by atoms with Crippen molar-refractivity contribution >= 4 is 22.4 Å². The Kier molecular flexibility index (Phi) is 5.04. The lowest BCUT2D eigenvalue weighted by Gasteiger charge is -2.42.